The maximum atomic E-state index is 13.3. The van der Waals surface area contributed by atoms with E-state index in [2.05, 4.69) is 4.98 Å². The second-order valence-electron chi connectivity index (χ2n) is 5.13. The topological polar surface area (TPSA) is 37.6 Å². The van der Waals surface area contributed by atoms with Gasteiger partial charge in [0.1, 0.15) is 11.5 Å². The molecule has 118 valence electrons. The SMILES string of the molecule is CCN(Cc1cccc(F)c1)C(=O)c1c(Cl)nc2ccccn12. The number of nitrogens with zero attached hydrogens (tertiary/aromatic N) is 3. The zero-order chi connectivity index (χ0) is 16.4. The van der Waals surface area contributed by atoms with Crippen molar-refractivity contribution in [1.82, 2.24) is 14.3 Å². The smallest absolute Gasteiger partial charge is 0.274 e. The molecular weight excluding hydrogens is 317 g/mol. The second-order valence-corrected chi connectivity index (χ2v) is 5.49. The predicted octanol–water partition coefficient (Wildman–Crippen LogP) is 3.79. The van der Waals surface area contributed by atoms with Crippen molar-refractivity contribution in [2.45, 2.75) is 13.5 Å². The summed E-state index contributed by atoms with van der Waals surface area (Å²) in [7, 11) is 0. The van der Waals surface area contributed by atoms with Crippen LogP contribution in [-0.4, -0.2) is 26.7 Å². The summed E-state index contributed by atoms with van der Waals surface area (Å²) in [5.41, 5.74) is 1.66. The van der Waals surface area contributed by atoms with Crippen LogP contribution in [0.5, 0.6) is 0 Å². The highest BCUT2D eigenvalue weighted by molar-refractivity contribution is 6.32. The molecule has 23 heavy (non-hydrogen) atoms. The van der Waals surface area contributed by atoms with Crippen LogP contribution < -0.4 is 0 Å². The van der Waals surface area contributed by atoms with E-state index in [4.69, 9.17) is 11.6 Å². The number of amides is 1. The predicted molar refractivity (Wildman–Crippen MR) is 87.0 cm³/mol. The van der Waals surface area contributed by atoms with Gasteiger partial charge in [0.2, 0.25) is 0 Å². The average Bonchev–Trinajstić information content (AvgIpc) is 2.87. The molecule has 0 aliphatic rings. The molecule has 0 fully saturated rings. The molecule has 0 unspecified atom stereocenters. The Labute approximate surface area is 138 Å². The zero-order valence-corrected chi connectivity index (χ0v) is 13.3. The Bertz CT molecular complexity index is 862. The molecular formula is C17H15ClFN3O. The lowest BCUT2D eigenvalue weighted by molar-refractivity contribution is 0.0745. The first-order chi connectivity index (χ1) is 11.1. The molecule has 2 heterocycles. The molecule has 0 saturated carbocycles. The second kappa shape index (κ2) is 6.38. The molecule has 2 aromatic heterocycles. The van der Waals surface area contributed by atoms with E-state index in [0.717, 1.165) is 5.56 Å². The number of halogens is 2. The minimum atomic E-state index is -0.321. The van der Waals surface area contributed by atoms with Gasteiger partial charge in [0.05, 0.1) is 0 Å². The van der Waals surface area contributed by atoms with Gasteiger partial charge in [-0.15, -0.1) is 0 Å². The van der Waals surface area contributed by atoms with E-state index >= 15 is 0 Å². The van der Waals surface area contributed by atoms with Crippen molar-refractivity contribution < 1.29 is 9.18 Å². The third kappa shape index (κ3) is 3.05. The third-order valence-electron chi connectivity index (χ3n) is 3.62. The molecule has 1 aromatic carbocycles. The molecule has 0 bridgehead atoms. The van der Waals surface area contributed by atoms with Crippen molar-refractivity contribution in [3.05, 3.63) is 70.9 Å². The summed E-state index contributed by atoms with van der Waals surface area (Å²) in [6.45, 7) is 2.66. The molecule has 0 aliphatic heterocycles. The maximum absolute atomic E-state index is 13.3. The third-order valence-corrected chi connectivity index (χ3v) is 3.88. The summed E-state index contributed by atoms with van der Waals surface area (Å²) < 4.78 is 15.0. The van der Waals surface area contributed by atoms with Gasteiger partial charge in [0.25, 0.3) is 5.91 Å². The van der Waals surface area contributed by atoms with Gasteiger partial charge in [0, 0.05) is 19.3 Å². The van der Waals surface area contributed by atoms with Crippen LogP contribution in [0.2, 0.25) is 5.15 Å². The molecule has 3 rings (SSSR count). The van der Waals surface area contributed by atoms with Crippen LogP contribution in [0.15, 0.2) is 48.7 Å². The minimum absolute atomic E-state index is 0.166. The highest BCUT2D eigenvalue weighted by Crippen LogP contribution is 2.20. The normalized spacial score (nSPS) is 10.9. The summed E-state index contributed by atoms with van der Waals surface area (Å²) >= 11 is 6.15. The Kier molecular flexibility index (Phi) is 4.30. The van der Waals surface area contributed by atoms with E-state index in [0.29, 0.717) is 24.4 Å². The van der Waals surface area contributed by atoms with Crippen molar-refractivity contribution in [2.24, 2.45) is 0 Å². The molecule has 3 aromatic rings. The lowest BCUT2D eigenvalue weighted by Gasteiger charge is -2.21. The largest absolute Gasteiger partial charge is 0.333 e. The Hall–Kier alpha value is -2.40. The van der Waals surface area contributed by atoms with Crippen LogP contribution in [0.3, 0.4) is 0 Å². The summed E-state index contributed by atoms with van der Waals surface area (Å²) in [6.07, 6.45) is 1.75. The van der Waals surface area contributed by atoms with Gasteiger partial charge in [-0.05, 0) is 36.8 Å². The number of hydrogen-bond donors (Lipinski definition) is 0. The number of pyridine rings is 1. The first-order valence-corrected chi connectivity index (χ1v) is 7.64. The molecule has 0 atom stereocenters. The van der Waals surface area contributed by atoms with E-state index in [1.165, 1.54) is 12.1 Å². The standard InChI is InChI=1S/C17H15ClFN3O/c1-2-21(11-12-6-5-7-13(19)10-12)17(23)15-16(18)20-14-8-3-4-9-22(14)15/h3-10H,2,11H2,1H3. The molecule has 0 saturated heterocycles. The fraction of sp³-hybridized carbons (Fsp3) is 0.176. The number of imidazole rings is 1. The van der Waals surface area contributed by atoms with Crippen molar-refractivity contribution in [3.8, 4) is 0 Å². The number of carbonyl (C=O) groups is 1. The van der Waals surface area contributed by atoms with E-state index in [1.54, 1.807) is 33.7 Å². The highest BCUT2D eigenvalue weighted by Gasteiger charge is 2.22. The van der Waals surface area contributed by atoms with Crippen LogP contribution >= 0.6 is 11.6 Å². The van der Waals surface area contributed by atoms with Gasteiger partial charge in [-0.2, -0.15) is 0 Å². The number of carbonyl (C=O) groups excluding carboxylic acids is 1. The Balaban J connectivity index is 1.94. The van der Waals surface area contributed by atoms with Crippen LogP contribution in [0.25, 0.3) is 5.65 Å². The molecule has 1 amide bonds. The van der Waals surface area contributed by atoms with Crippen molar-refractivity contribution in [2.75, 3.05) is 6.54 Å². The molecule has 0 aliphatic carbocycles. The van der Waals surface area contributed by atoms with Gasteiger partial charge in [-0.25, -0.2) is 9.37 Å². The summed E-state index contributed by atoms with van der Waals surface area (Å²) in [4.78, 5) is 18.6. The van der Waals surface area contributed by atoms with Crippen LogP contribution in [0.1, 0.15) is 23.0 Å². The molecule has 4 nitrogen and oxygen atoms in total. The Morgan fingerprint density at radius 2 is 2.13 bits per heavy atom. The fourth-order valence-corrected chi connectivity index (χ4v) is 2.75. The Morgan fingerprint density at radius 1 is 1.30 bits per heavy atom. The quantitative estimate of drug-likeness (QED) is 0.729. The van der Waals surface area contributed by atoms with E-state index in [-0.39, 0.29) is 16.9 Å². The van der Waals surface area contributed by atoms with Crippen molar-refractivity contribution in [3.63, 3.8) is 0 Å². The summed E-state index contributed by atoms with van der Waals surface area (Å²) in [6, 6.07) is 11.6. The van der Waals surface area contributed by atoms with Gasteiger partial charge in [-0.1, -0.05) is 29.8 Å². The number of benzene rings is 1. The highest BCUT2D eigenvalue weighted by atomic mass is 35.5. The Morgan fingerprint density at radius 3 is 2.87 bits per heavy atom. The number of aromatic nitrogens is 2. The first kappa shape index (κ1) is 15.5. The van der Waals surface area contributed by atoms with Gasteiger partial charge in [0.15, 0.2) is 10.8 Å². The van der Waals surface area contributed by atoms with Crippen molar-refractivity contribution in [1.29, 1.82) is 0 Å². The minimum Gasteiger partial charge on any atom is -0.333 e. The van der Waals surface area contributed by atoms with Gasteiger partial charge < -0.3 is 4.90 Å². The van der Waals surface area contributed by atoms with Gasteiger partial charge >= 0.3 is 0 Å². The van der Waals surface area contributed by atoms with Crippen LogP contribution in [0.4, 0.5) is 4.39 Å². The van der Waals surface area contributed by atoms with E-state index < -0.39 is 0 Å². The van der Waals surface area contributed by atoms with E-state index in [9.17, 15) is 9.18 Å². The average molecular weight is 332 g/mol. The zero-order valence-electron chi connectivity index (χ0n) is 12.5. The molecule has 0 radical (unpaired) electrons. The number of hydrogen-bond acceptors (Lipinski definition) is 2. The van der Waals surface area contributed by atoms with Crippen LogP contribution in [-0.2, 0) is 6.54 Å². The lowest BCUT2D eigenvalue weighted by atomic mass is 10.2. The monoisotopic (exact) mass is 331 g/mol. The van der Waals surface area contributed by atoms with Crippen LogP contribution in [0, 0.1) is 5.82 Å². The number of fused-ring (bicyclic) bond motifs is 1. The van der Waals surface area contributed by atoms with E-state index in [1.807, 2.05) is 19.1 Å². The fourth-order valence-electron chi connectivity index (χ4n) is 2.49. The molecule has 6 heteroatoms. The lowest BCUT2D eigenvalue weighted by Crippen LogP contribution is -2.31. The summed E-state index contributed by atoms with van der Waals surface area (Å²) in [5, 5.41) is 0.166. The first-order valence-electron chi connectivity index (χ1n) is 7.26. The maximum Gasteiger partial charge on any atom is 0.274 e. The summed E-state index contributed by atoms with van der Waals surface area (Å²) in [5.74, 6) is -0.556. The van der Waals surface area contributed by atoms with Crippen molar-refractivity contribution >= 4 is 23.2 Å². The molecule has 0 spiro atoms. The van der Waals surface area contributed by atoms with Gasteiger partial charge in [-0.3, -0.25) is 9.20 Å². The molecule has 0 N–H and O–H groups in total. The number of rotatable bonds is 4.